The zero-order chi connectivity index (χ0) is 10.3. The summed E-state index contributed by atoms with van der Waals surface area (Å²) in [5.41, 5.74) is 4.92. The Morgan fingerprint density at radius 3 is 1.92 bits per heavy atom. The Hall–Kier alpha value is -0.570. The number of primary amides is 1. The second kappa shape index (κ2) is 5.97. The lowest BCUT2D eigenvalue weighted by Gasteiger charge is -2.33. The zero-order valence-electron chi connectivity index (χ0n) is 9.02. The Morgan fingerprint density at radius 2 is 1.69 bits per heavy atom. The van der Waals surface area contributed by atoms with Gasteiger partial charge >= 0.3 is 0 Å². The van der Waals surface area contributed by atoms with Crippen molar-refractivity contribution < 1.29 is 4.79 Å². The molecule has 0 saturated heterocycles. The number of carbonyl (C=O) groups is 1. The van der Waals surface area contributed by atoms with Crippen molar-refractivity contribution in [2.75, 3.05) is 7.05 Å². The van der Waals surface area contributed by atoms with Gasteiger partial charge in [-0.3, -0.25) is 4.79 Å². The first-order valence-corrected chi connectivity index (χ1v) is 5.20. The molecule has 0 aliphatic heterocycles. The van der Waals surface area contributed by atoms with Crippen molar-refractivity contribution in [3.63, 3.8) is 0 Å². The van der Waals surface area contributed by atoms with E-state index < -0.39 is 5.54 Å². The molecule has 13 heavy (non-hydrogen) atoms. The maximum absolute atomic E-state index is 11.1. The van der Waals surface area contributed by atoms with Crippen LogP contribution in [0.1, 0.15) is 46.0 Å². The van der Waals surface area contributed by atoms with Crippen LogP contribution < -0.4 is 11.1 Å². The Kier molecular flexibility index (Phi) is 5.71. The van der Waals surface area contributed by atoms with Gasteiger partial charge in [-0.05, 0) is 19.9 Å². The van der Waals surface area contributed by atoms with E-state index in [4.69, 9.17) is 5.73 Å². The summed E-state index contributed by atoms with van der Waals surface area (Å²) in [6.07, 6.45) is 5.27. The zero-order valence-corrected chi connectivity index (χ0v) is 9.02. The largest absolute Gasteiger partial charge is 0.368 e. The predicted molar refractivity (Wildman–Crippen MR) is 55.4 cm³/mol. The number of likely N-dealkylation sites (N-methyl/N-ethyl adjacent to an activating group) is 1. The summed E-state index contributed by atoms with van der Waals surface area (Å²) < 4.78 is 0. The van der Waals surface area contributed by atoms with E-state index in [1.165, 1.54) is 6.42 Å². The number of rotatable bonds is 2. The Balaban J connectivity index is 0.000000671. The molecule has 1 amide bonds. The molecule has 1 aliphatic rings. The van der Waals surface area contributed by atoms with Crippen molar-refractivity contribution in [2.24, 2.45) is 5.73 Å². The lowest BCUT2D eigenvalue weighted by atomic mass is 9.81. The van der Waals surface area contributed by atoms with Gasteiger partial charge in [0.2, 0.25) is 5.91 Å². The van der Waals surface area contributed by atoms with Gasteiger partial charge in [-0.25, -0.2) is 0 Å². The molecule has 0 heterocycles. The molecule has 3 heteroatoms. The third-order valence-electron chi connectivity index (χ3n) is 2.66. The standard InChI is InChI=1S/C8H16N2O.C2H6/c1-10-8(7(9)11)5-3-2-4-6-8;1-2/h10H,2-6H2,1H3,(H2,9,11);1-2H3. The molecule has 1 rings (SSSR count). The second-order valence-corrected chi connectivity index (χ2v) is 3.26. The van der Waals surface area contributed by atoms with Gasteiger partial charge in [0.25, 0.3) is 0 Å². The lowest BCUT2D eigenvalue weighted by Crippen LogP contribution is -2.54. The van der Waals surface area contributed by atoms with Crippen LogP contribution in [-0.2, 0) is 4.79 Å². The molecule has 1 saturated carbocycles. The first kappa shape index (κ1) is 12.4. The van der Waals surface area contributed by atoms with Crippen molar-refractivity contribution in [3.8, 4) is 0 Å². The maximum atomic E-state index is 11.1. The van der Waals surface area contributed by atoms with Gasteiger partial charge in [0.1, 0.15) is 0 Å². The van der Waals surface area contributed by atoms with Crippen molar-refractivity contribution in [1.82, 2.24) is 5.32 Å². The van der Waals surface area contributed by atoms with E-state index in [2.05, 4.69) is 5.32 Å². The van der Waals surface area contributed by atoms with E-state index in [0.717, 1.165) is 25.7 Å². The molecular formula is C10H22N2O. The minimum absolute atomic E-state index is 0.195. The summed E-state index contributed by atoms with van der Waals surface area (Å²) in [6.45, 7) is 4.00. The van der Waals surface area contributed by atoms with E-state index in [0.29, 0.717) is 0 Å². The summed E-state index contributed by atoms with van der Waals surface area (Å²) in [4.78, 5) is 11.1. The first-order chi connectivity index (χ1) is 6.21. The number of carbonyl (C=O) groups excluding carboxylic acids is 1. The van der Waals surface area contributed by atoms with Crippen molar-refractivity contribution >= 4 is 5.91 Å². The minimum Gasteiger partial charge on any atom is -0.368 e. The quantitative estimate of drug-likeness (QED) is 0.685. The Morgan fingerprint density at radius 1 is 1.23 bits per heavy atom. The Labute approximate surface area is 81.1 Å². The SMILES string of the molecule is CC.CNC1(C(N)=O)CCCCC1. The van der Waals surface area contributed by atoms with Crippen LogP contribution in [0.2, 0.25) is 0 Å². The highest BCUT2D eigenvalue weighted by atomic mass is 16.1. The van der Waals surface area contributed by atoms with Gasteiger partial charge in [0.15, 0.2) is 0 Å². The second-order valence-electron chi connectivity index (χ2n) is 3.26. The summed E-state index contributed by atoms with van der Waals surface area (Å²) in [6, 6.07) is 0. The normalized spacial score (nSPS) is 19.9. The molecule has 0 radical (unpaired) electrons. The summed E-state index contributed by atoms with van der Waals surface area (Å²) in [5, 5.41) is 3.04. The number of hydrogen-bond donors (Lipinski definition) is 2. The van der Waals surface area contributed by atoms with Crippen LogP contribution in [0.4, 0.5) is 0 Å². The highest BCUT2D eigenvalue weighted by Crippen LogP contribution is 2.27. The fraction of sp³-hybridized carbons (Fsp3) is 0.900. The topological polar surface area (TPSA) is 55.1 Å². The van der Waals surface area contributed by atoms with E-state index in [-0.39, 0.29) is 5.91 Å². The van der Waals surface area contributed by atoms with Crippen LogP contribution in [-0.4, -0.2) is 18.5 Å². The monoisotopic (exact) mass is 186 g/mol. The average Bonchev–Trinajstić information content (AvgIpc) is 2.21. The molecule has 0 aromatic carbocycles. The number of hydrogen-bond acceptors (Lipinski definition) is 2. The molecule has 1 fully saturated rings. The van der Waals surface area contributed by atoms with Crippen molar-refractivity contribution in [1.29, 1.82) is 0 Å². The molecule has 0 aromatic heterocycles. The van der Waals surface area contributed by atoms with Gasteiger partial charge in [-0.15, -0.1) is 0 Å². The van der Waals surface area contributed by atoms with Gasteiger partial charge < -0.3 is 11.1 Å². The third kappa shape index (κ3) is 2.99. The molecule has 0 unspecified atom stereocenters. The van der Waals surface area contributed by atoms with Crippen molar-refractivity contribution in [2.45, 2.75) is 51.5 Å². The fourth-order valence-corrected chi connectivity index (χ4v) is 1.77. The molecule has 1 aliphatic carbocycles. The van der Waals surface area contributed by atoms with E-state index in [9.17, 15) is 4.79 Å². The summed E-state index contributed by atoms with van der Waals surface area (Å²) in [7, 11) is 1.82. The van der Waals surface area contributed by atoms with Crippen LogP contribution in [0.25, 0.3) is 0 Å². The summed E-state index contributed by atoms with van der Waals surface area (Å²) >= 11 is 0. The Bertz CT molecular complexity index is 151. The number of nitrogens with two attached hydrogens (primary N) is 1. The van der Waals surface area contributed by atoms with Crippen LogP contribution in [0.3, 0.4) is 0 Å². The van der Waals surface area contributed by atoms with Crippen LogP contribution >= 0.6 is 0 Å². The van der Waals surface area contributed by atoms with Gasteiger partial charge in [-0.1, -0.05) is 33.1 Å². The molecule has 78 valence electrons. The average molecular weight is 186 g/mol. The lowest BCUT2D eigenvalue weighted by molar-refractivity contribution is -0.125. The maximum Gasteiger partial charge on any atom is 0.237 e. The van der Waals surface area contributed by atoms with Crippen LogP contribution in [0, 0.1) is 0 Å². The van der Waals surface area contributed by atoms with E-state index >= 15 is 0 Å². The smallest absolute Gasteiger partial charge is 0.237 e. The highest BCUT2D eigenvalue weighted by Gasteiger charge is 2.35. The van der Waals surface area contributed by atoms with E-state index in [1.54, 1.807) is 0 Å². The van der Waals surface area contributed by atoms with Gasteiger partial charge in [0.05, 0.1) is 5.54 Å². The van der Waals surface area contributed by atoms with Crippen LogP contribution in [0.15, 0.2) is 0 Å². The third-order valence-corrected chi connectivity index (χ3v) is 2.66. The highest BCUT2D eigenvalue weighted by molar-refractivity contribution is 5.84. The summed E-state index contributed by atoms with van der Waals surface area (Å²) in [5.74, 6) is -0.195. The first-order valence-electron chi connectivity index (χ1n) is 5.20. The van der Waals surface area contributed by atoms with E-state index in [1.807, 2.05) is 20.9 Å². The molecule has 3 nitrogen and oxygen atoms in total. The van der Waals surface area contributed by atoms with Gasteiger partial charge in [0, 0.05) is 0 Å². The predicted octanol–water partition coefficient (Wildman–Crippen LogP) is 1.42. The molecule has 0 aromatic rings. The molecule has 0 bridgehead atoms. The minimum atomic E-state index is -0.391. The molecule has 3 N–H and O–H groups in total. The van der Waals surface area contributed by atoms with Gasteiger partial charge in [-0.2, -0.15) is 0 Å². The van der Waals surface area contributed by atoms with Crippen molar-refractivity contribution in [3.05, 3.63) is 0 Å². The number of nitrogens with one attached hydrogen (secondary N) is 1. The number of amides is 1. The molecular weight excluding hydrogens is 164 g/mol. The molecule has 0 atom stereocenters. The van der Waals surface area contributed by atoms with Crippen LogP contribution in [0.5, 0.6) is 0 Å². The fourth-order valence-electron chi connectivity index (χ4n) is 1.77. The molecule has 0 spiro atoms.